The number of pyridine rings is 1. The number of aromatic nitrogens is 3. The molecule has 108 valence electrons. The van der Waals surface area contributed by atoms with E-state index in [1.807, 2.05) is 6.07 Å². The maximum atomic E-state index is 12.5. The molecule has 0 bridgehead atoms. The van der Waals surface area contributed by atoms with Crippen LogP contribution in [0.5, 0.6) is 0 Å². The Morgan fingerprint density at radius 3 is 2.81 bits per heavy atom. The minimum atomic E-state index is -3.82. The van der Waals surface area contributed by atoms with Gasteiger partial charge in [-0.3, -0.25) is 9.71 Å². The molecule has 0 amide bonds. The summed E-state index contributed by atoms with van der Waals surface area (Å²) in [7, 11) is -2.24. The molecule has 0 aliphatic heterocycles. The summed E-state index contributed by atoms with van der Waals surface area (Å²) >= 11 is 0. The molecule has 0 unspecified atom stereocenters. The van der Waals surface area contributed by atoms with Crippen LogP contribution in [0.3, 0.4) is 0 Å². The van der Waals surface area contributed by atoms with Crippen LogP contribution in [0, 0.1) is 0 Å². The molecule has 2 aromatic heterocycles. The van der Waals surface area contributed by atoms with Crippen LogP contribution in [-0.4, -0.2) is 23.0 Å². The molecule has 3 aromatic rings. The number of fused-ring (bicyclic) bond motifs is 1. The van der Waals surface area contributed by atoms with Crippen molar-refractivity contribution in [2.24, 2.45) is 7.05 Å². The molecule has 0 aliphatic carbocycles. The second kappa shape index (κ2) is 4.74. The number of aryl methyl sites for hydroxylation is 1. The van der Waals surface area contributed by atoms with E-state index in [0.717, 1.165) is 10.8 Å². The van der Waals surface area contributed by atoms with E-state index in [0.29, 0.717) is 5.69 Å². The number of sulfonamides is 1. The summed E-state index contributed by atoms with van der Waals surface area (Å²) in [5, 5.41) is 1.54. The molecule has 0 aliphatic rings. The van der Waals surface area contributed by atoms with Crippen LogP contribution in [0.2, 0.25) is 0 Å². The summed E-state index contributed by atoms with van der Waals surface area (Å²) < 4.78 is 28.9. The molecule has 3 N–H and O–H groups in total. The lowest BCUT2D eigenvalue weighted by Crippen LogP contribution is -2.17. The summed E-state index contributed by atoms with van der Waals surface area (Å²) in [4.78, 5) is 7.82. The van der Waals surface area contributed by atoms with Crippen LogP contribution in [0.4, 0.5) is 11.5 Å². The van der Waals surface area contributed by atoms with Crippen LogP contribution in [0.25, 0.3) is 10.8 Å². The van der Waals surface area contributed by atoms with Gasteiger partial charge in [0.2, 0.25) is 0 Å². The molecule has 0 radical (unpaired) electrons. The van der Waals surface area contributed by atoms with Gasteiger partial charge in [0.25, 0.3) is 10.0 Å². The highest BCUT2D eigenvalue weighted by Crippen LogP contribution is 2.26. The lowest BCUT2D eigenvalue weighted by Gasteiger charge is -2.11. The normalized spacial score (nSPS) is 11.7. The van der Waals surface area contributed by atoms with Gasteiger partial charge < -0.3 is 10.3 Å². The Bertz CT molecular complexity index is 892. The monoisotopic (exact) mass is 303 g/mol. The maximum absolute atomic E-state index is 12.5. The largest absolute Gasteiger partial charge is 0.381 e. The van der Waals surface area contributed by atoms with Crippen LogP contribution < -0.4 is 10.5 Å². The van der Waals surface area contributed by atoms with Gasteiger partial charge >= 0.3 is 0 Å². The molecule has 21 heavy (non-hydrogen) atoms. The number of hydrogen-bond donors (Lipinski definition) is 2. The summed E-state index contributed by atoms with van der Waals surface area (Å²) in [5.74, 6) is -0.0353. The van der Waals surface area contributed by atoms with Crippen molar-refractivity contribution in [2.75, 3.05) is 10.5 Å². The fourth-order valence-corrected chi connectivity index (χ4v) is 3.49. The average Bonchev–Trinajstić information content (AvgIpc) is 2.79. The highest BCUT2D eigenvalue weighted by molar-refractivity contribution is 7.92. The highest BCUT2D eigenvalue weighted by Gasteiger charge is 2.23. The first-order valence-electron chi connectivity index (χ1n) is 6.11. The summed E-state index contributed by atoms with van der Waals surface area (Å²) in [6.45, 7) is 0. The number of nitrogens with two attached hydrogens (primary N) is 1. The number of nitrogens with zero attached hydrogens (tertiary/aromatic N) is 3. The van der Waals surface area contributed by atoms with Crippen LogP contribution >= 0.6 is 0 Å². The number of rotatable bonds is 3. The second-order valence-corrected chi connectivity index (χ2v) is 6.15. The van der Waals surface area contributed by atoms with E-state index in [1.54, 1.807) is 37.6 Å². The van der Waals surface area contributed by atoms with E-state index in [9.17, 15) is 8.42 Å². The zero-order chi connectivity index (χ0) is 15.0. The molecular formula is C13H13N5O2S. The van der Waals surface area contributed by atoms with E-state index >= 15 is 0 Å². The predicted molar refractivity (Wildman–Crippen MR) is 80.2 cm³/mol. The molecule has 0 atom stereocenters. The van der Waals surface area contributed by atoms with Gasteiger partial charge in [-0.1, -0.05) is 12.1 Å². The van der Waals surface area contributed by atoms with Gasteiger partial charge in [-0.05, 0) is 12.1 Å². The van der Waals surface area contributed by atoms with Gasteiger partial charge in [0.1, 0.15) is 0 Å². The molecule has 8 heteroatoms. The molecule has 0 fully saturated rings. The summed E-state index contributed by atoms with van der Waals surface area (Å²) in [6.07, 6.45) is 4.64. The smallest absolute Gasteiger partial charge is 0.281 e. The number of anilines is 2. The molecule has 3 rings (SSSR count). The highest BCUT2D eigenvalue weighted by atomic mass is 32.2. The topological polar surface area (TPSA) is 103 Å². The Hall–Kier alpha value is -2.61. The van der Waals surface area contributed by atoms with E-state index in [4.69, 9.17) is 5.73 Å². The molecule has 2 heterocycles. The number of hydrogen-bond acceptors (Lipinski definition) is 5. The van der Waals surface area contributed by atoms with Crippen molar-refractivity contribution in [2.45, 2.75) is 5.03 Å². The van der Waals surface area contributed by atoms with Gasteiger partial charge in [0.15, 0.2) is 10.8 Å². The van der Waals surface area contributed by atoms with E-state index in [2.05, 4.69) is 14.7 Å². The number of imidazole rings is 1. The third-order valence-electron chi connectivity index (χ3n) is 3.09. The van der Waals surface area contributed by atoms with Crippen molar-refractivity contribution in [3.63, 3.8) is 0 Å². The Morgan fingerprint density at radius 2 is 2.10 bits per heavy atom. The van der Waals surface area contributed by atoms with Gasteiger partial charge in [0, 0.05) is 30.2 Å². The molecule has 7 nitrogen and oxygen atoms in total. The Balaban J connectivity index is 2.10. The molecule has 0 saturated carbocycles. The maximum Gasteiger partial charge on any atom is 0.281 e. The molecule has 1 aromatic carbocycles. The number of benzene rings is 1. The molecular weight excluding hydrogens is 290 g/mol. The van der Waals surface area contributed by atoms with Crippen molar-refractivity contribution < 1.29 is 8.42 Å². The minimum Gasteiger partial charge on any atom is -0.381 e. The SMILES string of the molecule is Cn1cnc(N)c1S(=O)(=O)Nc1cccc2cnccc12. The third kappa shape index (κ3) is 2.29. The van der Waals surface area contributed by atoms with Crippen LogP contribution in [0.1, 0.15) is 0 Å². The first-order chi connectivity index (χ1) is 9.99. The van der Waals surface area contributed by atoms with E-state index in [1.165, 1.54) is 10.9 Å². The zero-order valence-corrected chi connectivity index (χ0v) is 12.0. The molecule has 0 saturated heterocycles. The minimum absolute atomic E-state index is 0.0353. The van der Waals surface area contributed by atoms with Crippen molar-refractivity contribution in [3.05, 3.63) is 43.0 Å². The third-order valence-corrected chi connectivity index (χ3v) is 4.58. The standard InChI is InChI=1S/C13H13N5O2S/c1-18-8-16-12(14)13(18)21(19,20)17-11-4-2-3-9-7-15-6-5-10(9)11/h2-8,17H,14H2,1H3. The summed E-state index contributed by atoms with van der Waals surface area (Å²) in [6, 6.07) is 7.05. The van der Waals surface area contributed by atoms with Crippen molar-refractivity contribution in [1.29, 1.82) is 0 Å². The van der Waals surface area contributed by atoms with Crippen molar-refractivity contribution >= 4 is 32.3 Å². The summed E-state index contributed by atoms with van der Waals surface area (Å²) in [5.41, 5.74) is 6.10. The number of nitrogen functional groups attached to an aromatic ring is 1. The van der Waals surface area contributed by atoms with Crippen LogP contribution in [0.15, 0.2) is 48.0 Å². The first-order valence-corrected chi connectivity index (χ1v) is 7.60. The van der Waals surface area contributed by atoms with Crippen molar-refractivity contribution in [3.8, 4) is 0 Å². The first kappa shape index (κ1) is 13.4. The van der Waals surface area contributed by atoms with Gasteiger partial charge in [-0.2, -0.15) is 8.42 Å². The fraction of sp³-hybridized carbons (Fsp3) is 0.0769. The molecule has 0 spiro atoms. The van der Waals surface area contributed by atoms with E-state index in [-0.39, 0.29) is 10.8 Å². The van der Waals surface area contributed by atoms with E-state index < -0.39 is 10.0 Å². The zero-order valence-electron chi connectivity index (χ0n) is 11.2. The van der Waals surface area contributed by atoms with Gasteiger partial charge in [-0.25, -0.2) is 4.98 Å². The Kier molecular flexibility index (Phi) is 3.02. The fourth-order valence-electron chi connectivity index (χ4n) is 2.17. The predicted octanol–water partition coefficient (Wildman–Crippen LogP) is 1.35. The quantitative estimate of drug-likeness (QED) is 0.760. The van der Waals surface area contributed by atoms with Crippen molar-refractivity contribution in [1.82, 2.24) is 14.5 Å². The van der Waals surface area contributed by atoms with Gasteiger partial charge in [0.05, 0.1) is 12.0 Å². The van der Waals surface area contributed by atoms with Crippen LogP contribution in [-0.2, 0) is 17.1 Å². The average molecular weight is 303 g/mol. The lowest BCUT2D eigenvalue weighted by atomic mass is 10.1. The number of nitrogens with one attached hydrogen (secondary N) is 1. The van der Waals surface area contributed by atoms with Gasteiger partial charge in [-0.15, -0.1) is 0 Å². The second-order valence-electron chi connectivity index (χ2n) is 4.55. The lowest BCUT2D eigenvalue weighted by molar-refractivity contribution is 0.592. The Labute approximate surface area is 121 Å². The Morgan fingerprint density at radius 1 is 1.29 bits per heavy atom.